The van der Waals surface area contributed by atoms with Gasteiger partial charge in [0.2, 0.25) is 5.91 Å². The number of nitrogens with two attached hydrogens (primary N) is 1. The number of carbonyl (C=O) groups is 2. The minimum Gasteiger partial charge on any atom is -0.368 e. The minimum atomic E-state index is -0.441. The zero-order valence-electron chi connectivity index (χ0n) is 10.8. The molecule has 0 aliphatic carbocycles. The third kappa shape index (κ3) is 3.69. The van der Waals surface area contributed by atoms with Gasteiger partial charge in [0.25, 0.3) is 5.91 Å². The van der Waals surface area contributed by atoms with Crippen molar-refractivity contribution in [2.45, 2.75) is 18.9 Å². The van der Waals surface area contributed by atoms with E-state index in [-0.39, 0.29) is 18.4 Å². The number of amides is 2. The van der Waals surface area contributed by atoms with Crippen LogP contribution < -0.4 is 16.4 Å². The Hall–Kier alpha value is -1.63. The normalized spacial score (nSPS) is 17.8. The zero-order valence-corrected chi connectivity index (χ0v) is 11.6. The molecule has 0 bridgehead atoms. The molecule has 0 saturated carbocycles. The second-order valence-corrected chi connectivity index (χ2v) is 4.87. The van der Waals surface area contributed by atoms with Crippen molar-refractivity contribution in [3.05, 3.63) is 23.2 Å². The molecule has 1 heterocycles. The van der Waals surface area contributed by atoms with Gasteiger partial charge in [-0.3, -0.25) is 9.59 Å². The molecule has 0 aromatic heterocycles. The Morgan fingerprint density at radius 2 is 2.15 bits per heavy atom. The number of ether oxygens (including phenoxy) is 1. The molecule has 1 saturated heterocycles. The molecule has 1 unspecified atom stereocenters. The van der Waals surface area contributed by atoms with E-state index in [9.17, 15) is 9.59 Å². The van der Waals surface area contributed by atoms with Crippen LogP contribution in [0.15, 0.2) is 18.2 Å². The summed E-state index contributed by atoms with van der Waals surface area (Å²) in [5.74, 6) is -0.590. The highest BCUT2D eigenvalue weighted by Gasteiger charge is 2.24. The molecule has 6 nitrogen and oxygen atoms in total. The third-order valence-electron chi connectivity index (χ3n) is 2.92. The van der Waals surface area contributed by atoms with Crippen LogP contribution in [-0.4, -0.2) is 31.1 Å². The van der Waals surface area contributed by atoms with E-state index in [4.69, 9.17) is 22.1 Å². The number of rotatable bonds is 4. The summed E-state index contributed by atoms with van der Waals surface area (Å²) in [4.78, 5) is 23.4. The number of carbonyl (C=O) groups excluding carboxylic acids is 2. The van der Waals surface area contributed by atoms with Gasteiger partial charge >= 0.3 is 0 Å². The number of hydrogen-bond acceptors (Lipinski definition) is 4. The van der Waals surface area contributed by atoms with Gasteiger partial charge in [-0.15, -0.1) is 0 Å². The van der Waals surface area contributed by atoms with Gasteiger partial charge in [-0.2, -0.15) is 0 Å². The number of benzene rings is 1. The average molecular weight is 298 g/mol. The molecule has 20 heavy (non-hydrogen) atoms. The van der Waals surface area contributed by atoms with Crippen LogP contribution in [0.25, 0.3) is 0 Å². The zero-order chi connectivity index (χ0) is 14.5. The molecule has 0 radical (unpaired) electrons. The summed E-state index contributed by atoms with van der Waals surface area (Å²) in [7, 11) is 0. The molecule has 4 N–H and O–H groups in total. The largest absolute Gasteiger partial charge is 0.368 e. The first-order valence-electron chi connectivity index (χ1n) is 6.32. The van der Waals surface area contributed by atoms with Crippen LogP contribution in [0.2, 0.25) is 5.02 Å². The standard InChI is InChI=1S/C13H16ClN3O3/c14-8-3-4-9(10(6-8)16-12(18)7-15)17-13(19)11-2-1-5-20-11/h3-4,6,11H,1-2,5,7,15H2,(H,16,18)(H,17,19). The summed E-state index contributed by atoms with van der Waals surface area (Å²) in [5, 5.41) is 5.78. The summed E-state index contributed by atoms with van der Waals surface area (Å²) in [6.45, 7) is 0.446. The lowest BCUT2D eigenvalue weighted by atomic mass is 10.2. The molecule has 1 aromatic carbocycles. The first kappa shape index (κ1) is 14.8. The summed E-state index contributed by atoms with van der Waals surface area (Å²) >= 11 is 5.89. The van der Waals surface area contributed by atoms with Gasteiger partial charge < -0.3 is 21.1 Å². The monoisotopic (exact) mass is 297 g/mol. The predicted octanol–water partition coefficient (Wildman–Crippen LogP) is 1.35. The van der Waals surface area contributed by atoms with E-state index in [0.29, 0.717) is 29.4 Å². The van der Waals surface area contributed by atoms with E-state index in [1.165, 1.54) is 0 Å². The fourth-order valence-electron chi connectivity index (χ4n) is 1.93. The van der Waals surface area contributed by atoms with Crippen molar-refractivity contribution in [2.75, 3.05) is 23.8 Å². The van der Waals surface area contributed by atoms with Crippen molar-refractivity contribution in [1.29, 1.82) is 0 Å². The Morgan fingerprint density at radius 3 is 2.80 bits per heavy atom. The molecule has 7 heteroatoms. The highest BCUT2D eigenvalue weighted by atomic mass is 35.5. The minimum absolute atomic E-state index is 0.147. The van der Waals surface area contributed by atoms with Crippen LogP contribution in [0.5, 0.6) is 0 Å². The van der Waals surface area contributed by atoms with Crippen molar-refractivity contribution in [1.82, 2.24) is 0 Å². The average Bonchev–Trinajstić information content (AvgIpc) is 2.95. The highest BCUT2D eigenvalue weighted by molar-refractivity contribution is 6.31. The van der Waals surface area contributed by atoms with Crippen molar-refractivity contribution in [2.24, 2.45) is 5.73 Å². The summed E-state index contributed by atoms with van der Waals surface area (Å²) in [6, 6.07) is 4.81. The predicted molar refractivity (Wildman–Crippen MR) is 76.7 cm³/mol. The summed E-state index contributed by atoms with van der Waals surface area (Å²) < 4.78 is 5.31. The Morgan fingerprint density at radius 1 is 1.35 bits per heavy atom. The quantitative estimate of drug-likeness (QED) is 0.782. The van der Waals surface area contributed by atoms with Crippen LogP contribution in [-0.2, 0) is 14.3 Å². The summed E-state index contributed by atoms with van der Waals surface area (Å²) in [5.41, 5.74) is 6.14. The maximum atomic E-state index is 12.0. The third-order valence-corrected chi connectivity index (χ3v) is 3.16. The van der Waals surface area contributed by atoms with E-state index in [0.717, 1.165) is 6.42 Å². The lowest BCUT2D eigenvalue weighted by Crippen LogP contribution is -2.28. The maximum absolute atomic E-state index is 12.0. The van der Waals surface area contributed by atoms with E-state index in [1.54, 1.807) is 18.2 Å². The smallest absolute Gasteiger partial charge is 0.253 e. The molecule has 2 amide bonds. The topological polar surface area (TPSA) is 93.5 Å². The number of hydrogen-bond donors (Lipinski definition) is 3. The molecule has 1 aliphatic rings. The van der Waals surface area contributed by atoms with Gasteiger partial charge in [0.1, 0.15) is 6.10 Å². The summed E-state index contributed by atoms with van der Waals surface area (Å²) in [6.07, 6.45) is 1.13. The second-order valence-electron chi connectivity index (χ2n) is 4.43. The van der Waals surface area contributed by atoms with Gasteiger partial charge in [0, 0.05) is 11.6 Å². The molecule has 108 valence electrons. The van der Waals surface area contributed by atoms with E-state index in [2.05, 4.69) is 10.6 Å². The van der Waals surface area contributed by atoms with E-state index in [1.807, 2.05) is 0 Å². The lowest BCUT2D eigenvalue weighted by Gasteiger charge is -2.14. The fraction of sp³-hybridized carbons (Fsp3) is 0.385. The number of halogens is 1. The van der Waals surface area contributed by atoms with Crippen molar-refractivity contribution >= 4 is 34.8 Å². The molecule has 1 aromatic rings. The molecule has 1 atom stereocenters. The van der Waals surface area contributed by atoms with Crippen molar-refractivity contribution in [3.63, 3.8) is 0 Å². The van der Waals surface area contributed by atoms with Crippen LogP contribution in [0, 0.1) is 0 Å². The van der Waals surface area contributed by atoms with Gasteiger partial charge in [-0.25, -0.2) is 0 Å². The lowest BCUT2D eigenvalue weighted by molar-refractivity contribution is -0.124. The number of nitrogens with one attached hydrogen (secondary N) is 2. The van der Waals surface area contributed by atoms with E-state index >= 15 is 0 Å². The van der Waals surface area contributed by atoms with Crippen LogP contribution in [0.3, 0.4) is 0 Å². The van der Waals surface area contributed by atoms with Gasteiger partial charge in [0.15, 0.2) is 0 Å². The van der Waals surface area contributed by atoms with Crippen LogP contribution in [0.4, 0.5) is 11.4 Å². The van der Waals surface area contributed by atoms with E-state index < -0.39 is 6.10 Å². The van der Waals surface area contributed by atoms with Gasteiger partial charge in [-0.05, 0) is 31.0 Å². The molecule has 0 spiro atoms. The highest BCUT2D eigenvalue weighted by Crippen LogP contribution is 2.26. The number of anilines is 2. The second kappa shape index (κ2) is 6.69. The van der Waals surface area contributed by atoms with Crippen LogP contribution in [0.1, 0.15) is 12.8 Å². The molecular weight excluding hydrogens is 282 g/mol. The first-order valence-corrected chi connectivity index (χ1v) is 6.70. The van der Waals surface area contributed by atoms with Gasteiger partial charge in [0.05, 0.1) is 17.9 Å². The molecule has 2 rings (SSSR count). The SMILES string of the molecule is NCC(=O)Nc1cc(Cl)ccc1NC(=O)C1CCCO1. The molecular formula is C13H16ClN3O3. The molecule has 1 aliphatic heterocycles. The van der Waals surface area contributed by atoms with Crippen LogP contribution >= 0.6 is 11.6 Å². The first-order chi connectivity index (χ1) is 9.60. The molecule has 1 fully saturated rings. The maximum Gasteiger partial charge on any atom is 0.253 e. The van der Waals surface area contributed by atoms with Gasteiger partial charge in [-0.1, -0.05) is 11.6 Å². The van der Waals surface area contributed by atoms with Crippen molar-refractivity contribution in [3.8, 4) is 0 Å². The Balaban J connectivity index is 2.13. The van der Waals surface area contributed by atoms with Crippen molar-refractivity contribution < 1.29 is 14.3 Å². The Bertz CT molecular complexity index is 516. The Kier molecular flexibility index (Phi) is 4.94. The Labute approximate surface area is 121 Å². The fourth-order valence-corrected chi connectivity index (χ4v) is 2.10.